The van der Waals surface area contributed by atoms with Gasteiger partial charge in [0.2, 0.25) is 0 Å². The predicted octanol–water partition coefficient (Wildman–Crippen LogP) is 6.70. The van der Waals surface area contributed by atoms with Crippen LogP contribution in [-0.2, 0) is 38.0 Å². The molecule has 4 aliphatic heterocycles. The van der Waals surface area contributed by atoms with Crippen LogP contribution in [0.3, 0.4) is 0 Å². The fraction of sp³-hybridized carbons (Fsp3) is 0.591. The number of esters is 1. The van der Waals surface area contributed by atoms with Crippen molar-refractivity contribution in [3.8, 4) is 0 Å². The third-order valence-electron chi connectivity index (χ3n) is 14.3. The van der Waals surface area contributed by atoms with Gasteiger partial charge in [-0.3, -0.25) is 9.53 Å². The molecule has 4 heterocycles. The van der Waals surface area contributed by atoms with Gasteiger partial charge in [0, 0.05) is 5.41 Å². The maximum absolute atomic E-state index is 15.8. The normalized spacial score (nSPS) is 42.6. The van der Waals surface area contributed by atoms with Crippen molar-refractivity contribution in [2.24, 2.45) is 45.8 Å². The molecular weight excluding hydrogens is 672 g/mol. The van der Waals surface area contributed by atoms with Gasteiger partial charge in [-0.25, -0.2) is 0 Å². The fourth-order valence-electron chi connectivity index (χ4n) is 12.1. The molecule has 4 aliphatic carbocycles. The van der Waals surface area contributed by atoms with Gasteiger partial charge in [-0.2, -0.15) is 0 Å². The molecule has 2 aromatic carbocycles. The molecule has 3 saturated carbocycles. The molecule has 0 radical (unpaired) electrons. The maximum Gasteiger partial charge on any atom is 0.318 e. The van der Waals surface area contributed by atoms with Gasteiger partial charge in [0.05, 0.1) is 18.6 Å². The third kappa shape index (κ3) is 4.77. The number of rotatable bonds is 12. The summed E-state index contributed by atoms with van der Waals surface area (Å²) in [4.78, 5) is 30.0. The Morgan fingerprint density at radius 3 is 2.32 bits per heavy atom. The molecule has 9 nitrogen and oxygen atoms in total. The second kappa shape index (κ2) is 12.7. The van der Waals surface area contributed by atoms with Gasteiger partial charge >= 0.3 is 11.9 Å². The lowest BCUT2D eigenvalue weighted by Crippen LogP contribution is -2.66. The van der Waals surface area contributed by atoms with E-state index in [1.807, 2.05) is 80.6 Å². The summed E-state index contributed by atoms with van der Waals surface area (Å²) >= 11 is 0. The first-order valence-corrected chi connectivity index (χ1v) is 19.6. The number of benzene rings is 2. The van der Waals surface area contributed by atoms with Gasteiger partial charge in [0.25, 0.3) is 0 Å². The van der Waals surface area contributed by atoms with Crippen LogP contribution in [-0.4, -0.2) is 67.3 Å². The molecule has 282 valence electrons. The topological polar surface area (TPSA) is 110 Å². The Kier molecular flexibility index (Phi) is 8.50. The van der Waals surface area contributed by atoms with E-state index >= 15 is 4.79 Å². The van der Waals surface area contributed by atoms with E-state index in [4.69, 9.17) is 28.4 Å². The van der Waals surface area contributed by atoms with Crippen LogP contribution >= 0.6 is 0 Å². The Bertz CT molecular complexity index is 1770. The Morgan fingerprint density at radius 1 is 0.981 bits per heavy atom. The lowest BCUT2D eigenvalue weighted by Gasteiger charge is -2.59. The number of aliphatic hydroxyl groups is 1. The van der Waals surface area contributed by atoms with Crippen LogP contribution in [0.25, 0.3) is 0 Å². The Labute approximate surface area is 312 Å². The number of carbonyl (C=O) groups is 2. The molecule has 2 aromatic rings. The molecule has 4 saturated heterocycles. The summed E-state index contributed by atoms with van der Waals surface area (Å²) < 4.78 is 38.7. The van der Waals surface area contributed by atoms with E-state index in [-0.39, 0.29) is 36.2 Å². The zero-order valence-electron chi connectivity index (χ0n) is 31.3. The average molecular weight is 725 g/mol. The van der Waals surface area contributed by atoms with Crippen LogP contribution in [0.4, 0.5) is 0 Å². The van der Waals surface area contributed by atoms with Gasteiger partial charge in [0.15, 0.2) is 18.5 Å². The summed E-state index contributed by atoms with van der Waals surface area (Å²) in [6.07, 6.45) is 4.00. The molecule has 8 aliphatic rings. The van der Waals surface area contributed by atoms with Crippen LogP contribution in [0.15, 0.2) is 84.0 Å². The number of hydrogen-bond acceptors (Lipinski definition) is 9. The first-order chi connectivity index (χ1) is 25.5. The van der Waals surface area contributed by atoms with Gasteiger partial charge in [-0.05, 0) is 73.8 Å². The Morgan fingerprint density at radius 2 is 1.68 bits per heavy atom. The minimum atomic E-state index is -1.78. The van der Waals surface area contributed by atoms with Gasteiger partial charge in [-0.1, -0.05) is 111 Å². The van der Waals surface area contributed by atoms with E-state index in [9.17, 15) is 9.90 Å². The highest BCUT2D eigenvalue weighted by molar-refractivity contribution is 5.92. The number of carbonyl (C=O) groups excluding carboxylic acids is 2. The Balaban J connectivity index is 1.12. The van der Waals surface area contributed by atoms with Gasteiger partial charge < -0.3 is 33.6 Å². The highest BCUT2D eigenvalue weighted by atomic mass is 17.0. The largest absolute Gasteiger partial charge is 0.452 e. The number of ether oxygens (including phenoxy) is 6. The van der Waals surface area contributed by atoms with Crippen molar-refractivity contribution < 1.29 is 43.1 Å². The highest BCUT2D eigenvalue weighted by Gasteiger charge is 2.85. The van der Waals surface area contributed by atoms with Crippen LogP contribution in [0.2, 0.25) is 0 Å². The number of aliphatic hydroxyl groups excluding tert-OH is 1. The van der Waals surface area contributed by atoms with Gasteiger partial charge in [-0.15, -0.1) is 0 Å². The minimum absolute atomic E-state index is 0.0321. The van der Waals surface area contributed by atoms with E-state index in [1.54, 1.807) is 0 Å². The van der Waals surface area contributed by atoms with Crippen molar-refractivity contribution in [3.63, 3.8) is 0 Å². The number of allylic oxidation sites excluding steroid dienone is 2. The van der Waals surface area contributed by atoms with Crippen molar-refractivity contribution in [2.75, 3.05) is 13.2 Å². The first kappa shape index (κ1) is 35.5. The molecule has 1 N–H and O–H groups in total. The highest BCUT2D eigenvalue weighted by Crippen LogP contribution is 2.83. The summed E-state index contributed by atoms with van der Waals surface area (Å²) in [6, 6.07) is 19.6. The lowest BCUT2D eigenvalue weighted by atomic mass is 9.43. The molecule has 13 unspecified atom stereocenters. The van der Waals surface area contributed by atoms with E-state index in [1.165, 1.54) is 0 Å². The first-order valence-electron chi connectivity index (χ1n) is 19.6. The zero-order valence-corrected chi connectivity index (χ0v) is 31.3. The molecular formula is C44H52O9. The van der Waals surface area contributed by atoms with Crippen molar-refractivity contribution in [1.82, 2.24) is 0 Å². The van der Waals surface area contributed by atoms with Crippen molar-refractivity contribution in [3.05, 3.63) is 95.1 Å². The maximum atomic E-state index is 15.8. The van der Waals surface area contributed by atoms with Crippen molar-refractivity contribution in [1.29, 1.82) is 0 Å². The number of aldehydes is 1. The number of fused-ring (bicyclic) bond motifs is 2. The standard InChI is InChI=1S/C44H52O9/c1-25(2)18-19-48-35-36-38(46)44(52-37(35)39(50-36)53-44)49-24-42-22-31-27(5)16-17-32(31)41(23-45)21-30(42)20-33(26(3)4)43(41,42)40(47)51-34(28-12-8-6-9-13-28)29-14-10-7-11-15-29/h6-15,18,20,23,26-27,30-32,34-39,46H,16-17,19,21-22,24H2,1-5H3. The van der Waals surface area contributed by atoms with Crippen LogP contribution in [0.5, 0.6) is 0 Å². The van der Waals surface area contributed by atoms with Crippen LogP contribution < -0.4 is 0 Å². The van der Waals surface area contributed by atoms with E-state index < -0.39 is 59.0 Å². The monoisotopic (exact) mass is 724 g/mol. The predicted molar refractivity (Wildman–Crippen MR) is 194 cm³/mol. The van der Waals surface area contributed by atoms with E-state index in [2.05, 4.69) is 26.8 Å². The summed E-state index contributed by atoms with van der Waals surface area (Å²) in [5.74, 6) is -1.67. The SMILES string of the molecule is CC(C)=CCOC1C2OC3(OCC45CC6C(C)CCC6C6(C=O)CC4C=C(C(C)C)C65C(=O)OC(c4ccccc4)c4ccccc4)OC2OC1C3O. The molecule has 13 atom stereocenters. The smallest absolute Gasteiger partial charge is 0.318 e. The van der Waals surface area contributed by atoms with Crippen molar-refractivity contribution >= 4 is 12.3 Å². The molecule has 0 aromatic heterocycles. The molecule has 53 heavy (non-hydrogen) atoms. The summed E-state index contributed by atoms with van der Waals surface area (Å²) in [7, 11) is 0. The van der Waals surface area contributed by atoms with Crippen LogP contribution in [0.1, 0.15) is 77.5 Å². The average Bonchev–Trinajstić information content (AvgIpc) is 3.89. The second-order valence-corrected chi connectivity index (χ2v) is 17.4. The lowest BCUT2D eigenvalue weighted by molar-refractivity contribution is -0.448. The number of hydrogen-bond donors (Lipinski definition) is 1. The molecule has 9 heteroatoms. The van der Waals surface area contributed by atoms with E-state index in [0.717, 1.165) is 41.4 Å². The minimum Gasteiger partial charge on any atom is -0.452 e. The zero-order chi connectivity index (χ0) is 36.9. The second-order valence-electron chi connectivity index (χ2n) is 17.4. The summed E-state index contributed by atoms with van der Waals surface area (Å²) in [6.45, 7) is 10.9. The molecule has 8 bridgehead atoms. The summed E-state index contributed by atoms with van der Waals surface area (Å²) in [5.41, 5.74) is 0.686. The molecule has 10 rings (SSSR count). The molecule has 7 fully saturated rings. The van der Waals surface area contributed by atoms with Crippen LogP contribution in [0, 0.1) is 45.8 Å². The van der Waals surface area contributed by atoms with Crippen molar-refractivity contribution in [2.45, 2.75) is 103 Å². The van der Waals surface area contributed by atoms with Gasteiger partial charge in [0.1, 0.15) is 30.0 Å². The Hall–Kier alpha value is -3.18. The molecule has 0 spiro atoms. The quantitative estimate of drug-likeness (QED) is 0.145. The summed E-state index contributed by atoms with van der Waals surface area (Å²) in [5, 5.41) is 11.8. The fourth-order valence-corrected chi connectivity index (χ4v) is 12.1. The third-order valence-corrected chi connectivity index (χ3v) is 14.3. The molecule has 0 amide bonds. The van der Waals surface area contributed by atoms with E-state index in [0.29, 0.717) is 25.4 Å².